The van der Waals surface area contributed by atoms with Gasteiger partial charge in [-0.1, -0.05) is 12.1 Å². The normalized spacial score (nSPS) is 18.4. The van der Waals surface area contributed by atoms with E-state index in [1.165, 1.54) is 7.11 Å². The Balaban J connectivity index is 1.33. The van der Waals surface area contributed by atoms with Gasteiger partial charge in [0.25, 0.3) is 5.91 Å². The van der Waals surface area contributed by atoms with Crippen LogP contribution in [0.25, 0.3) is 6.08 Å². The SMILES string of the molecule is COc1ccc(C=C2NC(=O)N(CC(O)CN3CCN(c4ccccc4OC)CC3)C2=O)c(OC)c1. The summed E-state index contributed by atoms with van der Waals surface area (Å²) >= 11 is 0. The maximum Gasteiger partial charge on any atom is 0.329 e. The van der Waals surface area contributed by atoms with Crippen molar-refractivity contribution in [1.29, 1.82) is 0 Å². The third-order valence-corrected chi connectivity index (χ3v) is 6.36. The number of rotatable bonds is 9. The van der Waals surface area contributed by atoms with Gasteiger partial charge in [0.15, 0.2) is 0 Å². The molecule has 36 heavy (non-hydrogen) atoms. The van der Waals surface area contributed by atoms with Crippen molar-refractivity contribution in [2.45, 2.75) is 6.10 Å². The molecule has 4 rings (SSSR count). The standard InChI is InChI=1S/C26H32N4O6/c1-34-20-9-8-18(24(15-20)36-3)14-21-25(32)30(26(33)27-21)17-19(31)16-28-10-12-29(13-11-28)22-6-4-5-7-23(22)35-2/h4-9,14-15,19,31H,10-13,16-17H2,1-3H3,(H,27,33). The molecule has 1 unspecified atom stereocenters. The molecule has 2 saturated heterocycles. The fourth-order valence-electron chi connectivity index (χ4n) is 4.46. The number of imide groups is 1. The summed E-state index contributed by atoms with van der Waals surface area (Å²) in [6.45, 7) is 3.34. The molecule has 192 valence electrons. The van der Waals surface area contributed by atoms with Crippen LogP contribution in [0.15, 0.2) is 48.2 Å². The number of hydrogen-bond donors (Lipinski definition) is 2. The Morgan fingerprint density at radius 3 is 2.36 bits per heavy atom. The first kappa shape index (κ1) is 25.3. The number of nitrogens with zero attached hydrogens (tertiary/aromatic N) is 3. The molecule has 0 aliphatic carbocycles. The summed E-state index contributed by atoms with van der Waals surface area (Å²) in [5.74, 6) is 1.47. The molecule has 10 nitrogen and oxygen atoms in total. The van der Waals surface area contributed by atoms with Crippen LogP contribution in [0.1, 0.15) is 5.56 Å². The molecule has 0 radical (unpaired) electrons. The van der Waals surface area contributed by atoms with Gasteiger partial charge in [-0.3, -0.25) is 14.6 Å². The van der Waals surface area contributed by atoms with Gasteiger partial charge < -0.3 is 29.5 Å². The maximum atomic E-state index is 12.9. The number of urea groups is 1. The van der Waals surface area contributed by atoms with Gasteiger partial charge in [-0.05, 0) is 30.3 Å². The predicted molar refractivity (Wildman–Crippen MR) is 135 cm³/mol. The van der Waals surface area contributed by atoms with E-state index in [1.54, 1.807) is 38.5 Å². The first-order valence-electron chi connectivity index (χ1n) is 11.8. The van der Waals surface area contributed by atoms with Gasteiger partial charge in [0, 0.05) is 44.4 Å². The van der Waals surface area contributed by atoms with Crippen molar-refractivity contribution in [2.75, 3.05) is 65.5 Å². The maximum absolute atomic E-state index is 12.9. The van der Waals surface area contributed by atoms with E-state index < -0.39 is 18.0 Å². The van der Waals surface area contributed by atoms with Crippen molar-refractivity contribution in [3.8, 4) is 17.2 Å². The second kappa shape index (κ2) is 11.3. The van der Waals surface area contributed by atoms with E-state index in [2.05, 4.69) is 15.1 Å². The summed E-state index contributed by atoms with van der Waals surface area (Å²) in [7, 11) is 4.73. The van der Waals surface area contributed by atoms with Gasteiger partial charge in [-0.2, -0.15) is 0 Å². The molecule has 2 aliphatic rings. The van der Waals surface area contributed by atoms with Crippen LogP contribution in [-0.4, -0.2) is 93.5 Å². The van der Waals surface area contributed by atoms with Crippen LogP contribution in [0.5, 0.6) is 17.2 Å². The summed E-state index contributed by atoms with van der Waals surface area (Å²) < 4.78 is 16.0. The Bertz CT molecular complexity index is 1130. The Morgan fingerprint density at radius 2 is 1.67 bits per heavy atom. The van der Waals surface area contributed by atoms with Gasteiger partial charge in [0.05, 0.1) is 39.7 Å². The summed E-state index contributed by atoms with van der Waals surface area (Å²) in [4.78, 5) is 30.8. The number of ether oxygens (including phenoxy) is 3. The number of aliphatic hydroxyl groups excluding tert-OH is 1. The molecule has 2 aliphatic heterocycles. The number of hydrogen-bond acceptors (Lipinski definition) is 8. The van der Waals surface area contributed by atoms with Crippen LogP contribution in [0.3, 0.4) is 0 Å². The minimum Gasteiger partial charge on any atom is -0.497 e. The van der Waals surface area contributed by atoms with Crippen molar-refractivity contribution >= 4 is 23.7 Å². The Labute approximate surface area is 210 Å². The number of amides is 3. The number of carbonyl (C=O) groups is 2. The molecule has 2 aromatic carbocycles. The highest BCUT2D eigenvalue weighted by Crippen LogP contribution is 2.29. The van der Waals surface area contributed by atoms with E-state index in [0.717, 1.165) is 42.5 Å². The van der Waals surface area contributed by atoms with E-state index in [-0.39, 0.29) is 12.2 Å². The quantitative estimate of drug-likeness (QED) is 0.400. The Hall–Kier alpha value is -3.76. The highest BCUT2D eigenvalue weighted by atomic mass is 16.5. The molecule has 1 atom stereocenters. The predicted octanol–water partition coefficient (Wildman–Crippen LogP) is 1.79. The fourth-order valence-corrected chi connectivity index (χ4v) is 4.46. The minimum absolute atomic E-state index is 0.0888. The molecule has 0 saturated carbocycles. The number of piperazine rings is 1. The monoisotopic (exact) mass is 496 g/mol. The number of methoxy groups -OCH3 is 3. The Kier molecular flexibility index (Phi) is 7.97. The fraction of sp³-hybridized carbons (Fsp3) is 0.385. The second-order valence-electron chi connectivity index (χ2n) is 8.63. The van der Waals surface area contributed by atoms with E-state index >= 15 is 0 Å². The number of anilines is 1. The number of nitrogens with one attached hydrogen (secondary N) is 1. The van der Waals surface area contributed by atoms with Crippen molar-refractivity contribution in [3.05, 3.63) is 53.7 Å². The van der Waals surface area contributed by atoms with Crippen LogP contribution in [-0.2, 0) is 4.79 Å². The average molecular weight is 497 g/mol. The average Bonchev–Trinajstić information content (AvgIpc) is 3.16. The molecule has 0 bridgehead atoms. The lowest BCUT2D eigenvalue weighted by molar-refractivity contribution is -0.124. The third kappa shape index (κ3) is 5.55. The van der Waals surface area contributed by atoms with E-state index in [1.807, 2.05) is 24.3 Å². The largest absolute Gasteiger partial charge is 0.497 e. The molecule has 2 N–H and O–H groups in total. The smallest absolute Gasteiger partial charge is 0.329 e. The first-order chi connectivity index (χ1) is 17.4. The Morgan fingerprint density at radius 1 is 0.944 bits per heavy atom. The molecular weight excluding hydrogens is 464 g/mol. The van der Waals surface area contributed by atoms with Crippen LogP contribution in [0, 0.1) is 0 Å². The van der Waals surface area contributed by atoms with Crippen molar-refractivity contribution in [2.24, 2.45) is 0 Å². The summed E-state index contributed by atoms with van der Waals surface area (Å²) in [5, 5.41) is 13.3. The first-order valence-corrected chi connectivity index (χ1v) is 11.8. The highest BCUT2D eigenvalue weighted by Gasteiger charge is 2.35. The number of para-hydroxylation sites is 2. The zero-order valence-corrected chi connectivity index (χ0v) is 20.8. The molecule has 3 amide bonds. The van der Waals surface area contributed by atoms with Crippen LogP contribution in [0.4, 0.5) is 10.5 Å². The zero-order chi connectivity index (χ0) is 25.7. The van der Waals surface area contributed by atoms with Crippen LogP contribution >= 0.6 is 0 Å². The van der Waals surface area contributed by atoms with Gasteiger partial charge in [0.1, 0.15) is 22.9 Å². The van der Waals surface area contributed by atoms with Crippen molar-refractivity contribution in [1.82, 2.24) is 15.1 Å². The number of aliphatic hydroxyl groups is 1. The molecular formula is C26H32N4O6. The van der Waals surface area contributed by atoms with Gasteiger partial charge >= 0.3 is 6.03 Å². The van der Waals surface area contributed by atoms with E-state index in [4.69, 9.17) is 14.2 Å². The lowest BCUT2D eigenvalue weighted by Gasteiger charge is -2.37. The van der Waals surface area contributed by atoms with Gasteiger partial charge in [-0.15, -0.1) is 0 Å². The topological polar surface area (TPSA) is 104 Å². The van der Waals surface area contributed by atoms with Crippen LogP contribution in [0.2, 0.25) is 0 Å². The molecule has 0 aromatic heterocycles. The van der Waals surface area contributed by atoms with Crippen molar-refractivity contribution < 1.29 is 28.9 Å². The summed E-state index contributed by atoms with van der Waals surface area (Å²) in [6, 6.07) is 12.5. The number of carbonyl (C=O) groups excluding carboxylic acids is 2. The van der Waals surface area contributed by atoms with Gasteiger partial charge in [-0.25, -0.2) is 4.79 Å². The third-order valence-electron chi connectivity index (χ3n) is 6.36. The lowest BCUT2D eigenvalue weighted by Crippen LogP contribution is -2.50. The summed E-state index contributed by atoms with van der Waals surface area (Å²) in [5.41, 5.74) is 1.80. The minimum atomic E-state index is -0.868. The zero-order valence-electron chi connectivity index (χ0n) is 20.8. The molecule has 2 fully saturated rings. The summed E-state index contributed by atoms with van der Waals surface area (Å²) in [6.07, 6.45) is 0.689. The highest BCUT2D eigenvalue weighted by molar-refractivity contribution is 6.14. The molecule has 0 spiro atoms. The molecule has 2 heterocycles. The van der Waals surface area contributed by atoms with Crippen LogP contribution < -0.4 is 24.4 Å². The second-order valence-corrected chi connectivity index (χ2v) is 8.63. The lowest BCUT2D eigenvalue weighted by atomic mass is 10.1. The van der Waals surface area contributed by atoms with E-state index in [9.17, 15) is 14.7 Å². The van der Waals surface area contributed by atoms with Gasteiger partial charge in [0.2, 0.25) is 0 Å². The number of benzene rings is 2. The number of β-amino-alcohol motifs (C(OH)–C–C–N with tert-alkyl or cyclic N) is 1. The van der Waals surface area contributed by atoms with E-state index in [0.29, 0.717) is 23.6 Å². The molecule has 2 aromatic rings. The van der Waals surface area contributed by atoms with Crippen molar-refractivity contribution in [3.63, 3.8) is 0 Å². The molecule has 10 heteroatoms.